The molecule has 0 bridgehead atoms. The van der Waals surface area contributed by atoms with E-state index in [-0.39, 0.29) is 0 Å². The van der Waals surface area contributed by atoms with Gasteiger partial charge in [-0.2, -0.15) is 0 Å². The molecule has 1 rings (SSSR count). The minimum absolute atomic E-state index is 0.529. The van der Waals surface area contributed by atoms with Crippen molar-refractivity contribution in [1.29, 1.82) is 0 Å². The van der Waals surface area contributed by atoms with E-state index in [1.54, 1.807) is 0 Å². The fourth-order valence-electron chi connectivity index (χ4n) is 1.31. The van der Waals surface area contributed by atoms with Crippen LogP contribution in [0.5, 0.6) is 0 Å². The summed E-state index contributed by atoms with van der Waals surface area (Å²) in [5.41, 5.74) is 2.47. The van der Waals surface area contributed by atoms with Gasteiger partial charge in [-0.15, -0.1) is 6.42 Å². The van der Waals surface area contributed by atoms with Gasteiger partial charge in [0.1, 0.15) is 0 Å². The van der Waals surface area contributed by atoms with Crippen molar-refractivity contribution in [3.05, 3.63) is 29.8 Å². The van der Waals surface area contributed by atoms with Gasteiger partial charge in [0.2, 0.25) is 0 Å². The van der Waals surface area contributed by atoms with Crippen molar-refractivity contribution in [2.24, 2.45) is 0 Å². The third-order valence-corrected chi connectivity index (χ3v) is 1.96. The van der Waals surface area contributed by atoms with Crippen molar-refractivity contribution < 1.29 is 0 Å². The molecule has 0 saturated carbocycles. The molecular weight excluding hydrogens is 158 g/mol. The van der Waals surface area contributed by atoms with Gasteiger partial charge in [-0.1, -0.05) is 38.0 Å². The molecule has 0 fully saturated rings. The van der Waals surface area contributed by atoms with Gasteiger partial charge in [0.25, 0.3) is 0 Å². The third-order valence-electron chi connectivity index (χ3n) is 1.96. The summed E-state index contributed by atoms with van der Waals surface area (Å²) < 4.78 is 0. The standard InChI is InChI=1S/C12H15N/c1-4-9-13-12-8-6-5-7-11(12)10(2)3/h1,5-8,10,13H,9H2,2-3H3. The molecule has 0 radical (unpaired) electrons. The third kappa shape index (κ3) is 2.52. The molecule has 0 spiro atoms. The van der Waals surface area contributed by atoms with Crippen molar-refractivity contribution in [3.63, 3.8) is 0 Å². The highest BCUT2D eigenvalue weighted by atomic mass is 14.9. The molecule has 0 aliphatic carbocycles. The fourth-order valence-corrected chi connectivity index (χ4v) is 1.31. The number of nitrogens with one attached hydrogen (secondary N) is 1. The Labute approximate surface area is 80.2 Å². The van der Waals surface area contributed by atoms with Gasteiger partial charge in [0, 0.05) is 5.69 Å². The fraction of sp³-hybridized carbons (Fsp3) is 0.333. The molecule has 68 valence electrons. The zero-order valence-electron chi connectivity index (χ0n) is 8.17. The molecule has 1 nitrogen and oxygen atoms in total. The molecule has 0 aliphatic rings. The summed E-state index contributed by atoms with van der Waals surface area (Å²) >= 11 is 0. The lowest BCUT2D eigenvalue weighted by Gasteiger charge is -2.12. The predicted octanol–water partition coefficient (Wildman–Crippen LogP) is 2.86. The Morgan fingerprint density at radius 1 is 1.38 bits per heavy atom. The second kappa shape index (κ2) is 4.57. The number of hydrogen-bond donors (Lipinski definition) is 1. The van der Waals surface area contributed by atoms with Gasteiger partial charge in [-0.3, -0.25) is 0 Å². The van der Waals surface area contributed by atoms with E-state index in [0.717, 1.165) is 5.69 Å². The Hall–Kier alpha value is -1.42. The Kier molecular flexibility index (Phi) is 3.40. The normalized spacial score (nSPS) is 9.69. The zero-order chi connectivity index (χ0) is 9.68. The Balaban J connectivity index is 2.86. The second-order valence-corrected chi connectivity index (χ2v) is 3.30. The second-order valence-electron chi connectivity index (χ2n) is 3.30. The first-order valence-electron chi connectivity index (χ1n) is 4.52. The van der Waals surface area contributed by atoms with Crippen LogP contribution in [-0.4, -0.2) is 6.54 Å². The lowest BCUT2D eigenvalue weighted by atomic mass is 10.0. The lowest BCUT2D eigenvalue weighted by molar-refractivity contribution is 0.867. The molecule has 1 heteroatoms. The van der Waals surface area contributed by atoms with Crippen molar-refractivity contribution >= 4 is 5.69 Å². The van der Waals surface area contributed by atoms with Crippen LogP contribution in [-0.2, 0) is 0 Å². The van der Waals surface area contributed by atoms with Gasteiger partial charge >= 0.3 is 0 Å². The van der Waals surface area contributed by atoms with Gasteiger partial charge in [-0.05, 0) is 17.5 Å². The Bertz CT molecular complexity index is 307. The summed E-state index contributed by atoms with van der Waals surface area (Å²) in [6, 6.07) is 8.26. The van der Waals surface area contributed by atoms with Crippen LogP contribution in [0, 0.1) is 12.3 Å². The molecule has 0 unspecified atom stereocenters. The number of rotatable bonds is 3. The molecule has 1 N–H and O–H groups in total. The highest BCUT2D eigenvalue weighted by Gasteiger charge is 2.03. The first kappa shape index (κ1) is 9.67. The molecule has 1 aromatic rings. The van der Waals surface area contributed by atoms with Crippen LogP contribution >= 0.6 is 0 Å². The number of anilines is 1. The van der Waals surface area contributed by atoms with E-state index in [0.29, 0.717) is 12.5 Å². The Morgan fingerprint density at radius 2 is 2.08 bits per heavy atom. The highest BCUT2D eigenvalue weighted by molar-refractivity contribution is 5.53. The molecular formula is C12H15N. The average Bonchev–Trinajstić information content (AvgIpc) is 2.15. The smallest absolute Gasteiger partial charge is 0.0763 e. The number of terminal acetylenes is 1. The predicted molar refractivity (Wildman–Crippen MR) is 57.9 cm³/mol. The summed E-state index contributed by atoms with van der Waals surface area (Å²) in [4.78, 5) is 0. The van der Waals surface area contributed by atoms with Crippen LogP contribution in [0.3, 0.4) is 0 Å². The molecule has 0 atom stereocenters. The van der Waals surface area contributed by atoms with E-state index in [2.05, 4.69) is 43.3 Å². The van der Waals surface area contributed by atoms with Crippen LogP contribution < -0.4 is 5.32 Å². The van der Waals surface area contributed by atoms with Crippen LogP contribution in [0.25, 0.3) is 0 Å². The van der Waals surface area contributed by atoms with Crippen LogP contribution in [0.4, 0.5) is 5.69 Å². The monoisotopic (exact) mass is 173 g/mol. The molecule has 0 aliphatic heterocycles. The minimum Gasteiger partial charge on any atom is -0.374 e. The zero-order valence-corrected chi connectivity index (χ0v) is 8.17. The largest absolute Gasteiger partial charge is 0.374 e. The molecule has 1 aromatic carbocycles. The van der Waals surface area contributed by atoms with E-state index in [1.807, 2.05) is 6.07 Å². The molecule has 0 saturated heterocycles. The molecule has 0 aromatic heterocycles. The molecule has 13 heavy (non-hydrogen) atoms. The van der Waals surface area contributed by atoms with Crippen molar-refractivity contribution in [2.75, 3.05) is 11.9 Å². The number of hydrogen-bond acceptors (Lipinski definition) is 1. The summed E-state index contributed by atoms with van der Waals surface area (Å²) in [6.45, 7) is 4.94. The van der Waals surface area contributed by atoms with Crippen LogP contribution in [0.2, 0.25) is 0 Å². The summed E-state index contributed by atoms with van der Waals surface area (Å²) in [5, 5.41) is 3.21. The van der Waals surface area contributed by atoms with Gasteiger partial charge in [0.05, 0.1) is 6.54 Å². The van der Waals surface area contributed by atoms with Gasteiger partial charge in [0.15, 0.2) is 0 Å². The molecule has 0 heterocycles. The van der Waals surface area contributed by atoms with Gasteiger partial charge in [-0.25, -0.2) is 0 Å². The molecule has 0 amide bonds. The Morgan fingerprint density at radius 3 is 2.69 bits per heavy atom. The first-order valence-corrected chi connectivity index (χ1v) is 4.52. The average molecular weight is 173 g/mol. The van der Waals surface area contributed by atoms with E-state index in [1.165, 1.54) is 5.56 Å². The minimum atomic E-state index is 0.529. The summed E-state index contributed by atoms with van der Waals surface area (Å²) in [6.07, 6.45) is 5.19. The highest BCUT2D eigenvalue weighted by Crippen LogP contribution is 2.23. The number of benzene rings is 1. The maximum absolute atomic E-state index is 5.19. The lowest BCUT2D eigenvalue weighted by Crippen LogP contribution is -2.02. The van der Waals surface area contributed by atoms with E-state index < -0.39 is 0 Å². The van der Waals surface area contributed by atoms with Gasteiger partial charge < -0.3 is 5.32 Å². The van der Waals surface area contributed by atoms with Crippen LogP contribution in [0.15, 0.2) is 24.3 Å². The van der Waals surface area contributed by atoms with E-state index in [9.17, 15) is 0 Å². The maximum Gasteiger partial charge on any atom is 0.0763 e. The summed E-state index contributed by atoms with van der Waals surface area (Å²) in [7, 11) is 0. The van der Waals surface area contributed by atoms with Crippen molar-refractivity contribution in [3.8, 4) is 12.3 Å². The SMILES string of the molecule is C#CCNc1ccccc1C(C)C. The maximum atomic E-state index is 5.19. The summed E-state index contributed by atoms with van der Waals surface area (Å²) in [5.74, 6) is 3.10. The van der Waals surface area contributed by atoms with Crippen molar-refractivity contribution in [1.82, 2.24) is 0 Å². The van der Waals surface area contributed by atoms with Crippen molar-refractivity contribution in [2.45, 2.75) is 19.8 Å². The topological polar surface area (TPSA) is 12.0 Å². The van der Waals surface area contributed by atoms with E-state index in [4.69, 9.17) is 6.42 Å². The number of para-hydroxylation sites is 1. The van der Waals surface area contributed by atoms with E-state index >= 15 is 0 Å². The first-order chi connectivity index (χ1) is 6.25. The quantitative estimate of drug-likeness (QED) is 0.693. The van der Waals surface area contributed by atoms with Crippen LogP contribution in [0.1, 0.15) is 25.3 Å².